The van der Waals surface area contributed by atoms with Crippen molar-refractivity contribution in [3.8, 4) is 0 Å². The Kier molecular flexibility index (Phi) is 4.44. The lowest BCUT2D eigenvalue weighted by Gasteiger charge is -2.04. The molecule has 0 spiro atoms. The van der Waals surface area contributed by atoms with Gasteiger partial charge in [0.05, 0.1) is 16.4 Å². The monoisotopic (exact) mass is 359 g/mol. The zero-order valence-corrected chi connectivity index (χ0v) is 13.6. The van der Waals surface area contributed by atoms with Crippen LogP contribution in [0, 0.1) is 10.1 Å². The third-order valence-electron chi connectivity index (χ3n) is 3.29. The molecule has 0 unspecified atom stereocenters. The molecule has 3 aromatic rings. The molecule has 0 atom stereocenters. The summed E-state index contributed by atoms with van der Waals surface area (Å²) in [5.74, 6) is -0.109. The van der Waals surface area contributed by atoms with Crippen LogP contribution in [-0.2, 0) is 16.6 Å². The highest BCUT2D eigenvalue weighted by Gasteiger charge is 2.19. The van der Waals surface area contributed by atoms with Crippen molar-refractivity contribution in [1.82, 2.24) is 14.8 Å². The summed E-state index contributed by atoms with van der Waals surface area (Å²) < 4.78 is 28.3. The third-order valence-corrected chi connectivity index (χ3v) is 4.61. The van der Waals surface area contributed by atoms with E-state index in [0.29, 0.717) is 6.54 Å². The molecule has 3 rings (SSSR count). The molecular formula is C15H13N5O4S. The molecule has 10 heteroatoms. The first-order valence-electron chi connectivity index (χ1n) is 7.15. The quantitative estimate of drug-likeness (QED) is 0.531. The van der Waals surface area contributed by atoms with E-state index in [1.807, 2.05) is 30.3 Å². The van der Waals surface area contributed by atoms with Gasteiger partial charge in [-0.25, -0.2) is 17.8 Å². The Hall–Kier alpha value is -3.27. The minimum absolute atomic E-state index is 0.109. The fraction of sp³-hybridized carbons (Fsp3) is 0.0667. The largest absolute Gasteiger partial charge is 0.270 e. The fourth-order valence-corrected chi connectivity index (χ4v) is 3.12. The second-order valence-electron chi connectivity index (χ2n) is 5.11. The van der Waals surface area contributed by atoms with Crippen LogP contribution in [-0.4, -0.2) is 28.1 Å². The van der Waals surface area contributed by atoms with Crippen molar-refractivity contribution >= 4 is 21.7 Å². The number of nitro benzene ring substituents is 1. The average Bonchev–Trinajstić information content (AvgIpc) is 3.02. The minimum Gasteiger partial charge on any atom is -0.258 e. The Bertz CT molecular complexity index is 1000. The number of non-ortho nitro benzene ring substituents is 1. The molecule has 1 aromatic heterocycles. The lowest BCUT2D eigenvalue weighted by molar-refractivity contribution is -0.385. The summed E-state index contributed by atoms with van der Waals surface area (Å²) in [6.45, 7) is 0.437. The molecule has 0 aliphatic carbocycles. The van der Waals surface area contributed by atoms with Gasteiger partial charge in [-0.2, -0.15) is 4.98 Å². The Balaban J connectivity index is 1.78. The first kappa shape index (κ1) is 16.6. The minimum atomic E-state index is -4.02. The fourth-order valence-electron chi connectivity index (χ4n) is 2.13. The van der Waals surface area contributed by atoms with Gasteiger partial charge in [-0.15, -0.1) is 5.10 Å². The predicted octanol–water partition coefficient (Wildman–Crippen LogP) is 2.04. The van der Waals surface area contributed by atoms with E-state index in [1.54, 1.807) is 0 Å². The van der Waals surface area contributed by atoms with Gasteiger partial charge in [0, 0.05) is 12.1 Å². The molecule has 0 saturated heterocycles. The van der Waals surface area contributed by atoms with Crippen LogP contribution in [0.1, 0.15) is 5.56 Å². The van der Waals surface area contributed by atoms with E-state index in [2.05, 4.69) is 14.8 Å². The maximum atomic E-state index is 12.3. The van der Waals surface area contributed by atoms with Gasteiger partial charge in [0.1, 0.15) is 6.33 Å². The van der Waals surface area contributed by atoms with Crippen LogP contribution in [0.2, 0.25) is 0 Å². The van der Waals surface area contributed by atoms with Gasteiger partial charge in [0.15, 0.2) is 0 Å². The topological polar surface area (TPSA) is 120 Å². The molecule has 0 aliphatic rings. The molecule has 1 heterocycles. The zero-order chi connectivity index (χ0) is 17.9. The van der Waals surface area contributed by atoms with Crippen molar-refractivity contribution in [2.24, 2.45) is 0 Å². The number of nitro groups is 1. The predicted molar refractivity (Wildman–Crippen MR) is 89.5 cm³/mol. The van der Waals surface area contributed by atoms with Crippen molar-refractivity contribution in [1.29, 1.82) is 0 Å². The van der Waals surface area contributed by atoms with E-state index in [9.17, 15) is 18.5 Å². The summed E-state index contributed by atoms with van der Waals surface area (Å²) in [4.78, 5) is 13.8. The summed E-state index contributed by atoms with van der Waals surface area (Å²) in [5, 5.41) is 14.8. The molecule has 1 N–H and O–H groups in total. The molecule has 0 fully saturated rings. The first-order chi connectivity index (χ1) is 11.9. The molecule has 2 aromatic carbocycles. The Labute approximate surface area is 143 Å². The number of hydrogen-bond donors (Lipinski definition) is 1. The number of sulfonamides is 1. The highest BCUT2D eigenvalue weighted by atomic mass is 32.2. The van der Waals surface area contributed by atoms with Crippen LogP contribution in [0.3, 0.4) is 0 Å². The third kappa shape index (κ3) is 3.98. The summed E-state index contributed by atoms with van der Waals surface area (Å²) in [6, 6.07) is 14.2. The van der Waals surface area contributed by atoms with Gasteiger partial charge in [-0.1, -0.05) is 36.4 Å². The lowest BCUT2D eigenvalue weighted by Crippen LogP contribution is -2.14. The molecule has 25 heavy (non-hydrogen) atoms. The van der Waals surface area contributed by atoms with Gasteiger partial charge in [0.25, 0.3) is 21.7 Å². The van der Waals surface area contributed by atoms with Gasteiger partial charge in [-0.3, -0.25) is 10.1 Å². The summed E-state index contributed by atoms with van der Waals surface area (Å²) >= 11 is 0. The standard InChI is InChI=1S/C15H13N5O4S/c21-20(22)13-7-4-8-14(9-13)25(23,24)18-15-16-11-19(17-15)10-12-5-2-1-3-6-12/h1-9,11H,10H2,(H,17,18). The van der Waals surface area contributed by atoms with Crippen LogP contribution in [0.15, 0.2) is 65.8 Å². The summed E-state index contributed by atoms with van der Waals surface area (Å²) in [7, 11) is -4.02. The summed E-state index contributed by atoms with van der Waals surface area (Å²) in [6.07, 6.45) is 1.40. The van der Waals surface area contributed by atoms with Crippen LogP contribution in [0.25, 0.3) is 0 Å². The van der Waals surface area contributed by atoms with Crippen LogP contribution < -0.4 is 4.72 Å². The SMILES string of the molecule is O=[N+]([O-])c1cccc(S(=O)(=O)Nc2ncn(Cc3ccccc3)n2)c1. The number of rotatable bonds is 6. The lowest BCUT2D eigenvalue weighted by atomic mass is 10.2. The van der Waals surface area contributed by atoms with Crippen molar-refractivity contribution in [3.63, 3.8) is 0 Å². The maximum absolute atomic E-state index is 12.3. The van der Waals surface area contributed by atoms with Crippen molar-refractivity contribution in [3.05, 3.63) is 76.6 Å². The van der Waals surface area contributed by atoms with E-state index in [-0.39, 0.29) is 16.5 Å². The highest BCUT2D eigenvalue weighted by molar-refractivity contribution is 7.92. The van der Waals surface area contributed by atoms with Crippen LogP contribution >= 0.6 is 0 Å². The molecule has 0 radical (unpaired) electrons. The number of benzene rings is 2. The maximum Gasteiger partial charge on any atom is 0.270 e. The van der Waals surface area contributed by atoms with Gasteiger partial charge < -0.3 is 0 Å². The second kappa shape index (κ2) is 6.69. The van der Waals surface area contributed by atoms with E-state index in [0.717, 1.165) is 11.6 Å². The Morgan fingerprint density at radius 1 is 1.12 bits per heavy atom. The number of nitrogens with zero attached hydrogens (tertiary/aromatic N) is 4. The normalized spacial score (nSPS) is 11.2. The molecule has 0 amide bonds. The van der Waals surface area contributed by atoms with E-state index >= 15 is 0 Å². The van der Waals surface area contributed by atoms with Gasteiger partial charge in [-0.05, 0) is 11.6 Å². The van der Waals surface area contributed by atoms with E-state index in [1.165, 1.54) is 29.2 Å². The number of anilines is 1. The Morgan fingerprint density at radius 2 is 1.88 bits per heavy atom. The van der Waals surface area contributed by atoms with Crippen molar-refractivity contribution in [2.45, 2.75) is 11.4 Å². The average molecular weight is 359 g/mol. The number of aromatic nitrogens is 3. The number of hydrogen-bond acceptors (Lipinski definition) is 6. The highest BCUT2D eigenvalue weighted by Crippen LogP contribution is 2.19. The van der Waals surface area contributed by atoms with Crippen LogP contribution in [0.5, 0.6) is 0 Å². The van der Waals surface area contributed by atoms with Gasteiger partial charge in [0.2, 0.25) is 0 Å². The molecule has 0 aliphatic heterocycles. The number of nitrogens with one attached hydrogen (secondary N) is 1. The second-order valence-corrected chi connectivity index (χ2v) is 6.79. The van der Waals surface area contributed by atoms with Crippen molar-refractivity contribution in [2.75, 3.05) is 4.72 Å². The van der Waals surface area contributed by atoms with E-state index < -0.39 is 14.9 Å². The van der Waals surface area contributed by atoms with Gasteiger partial charge >= 0.3 is 0 Å². The summed E-state index contributed by atoms with van der Waals surface area (Å²) in [5.41, 5.74) is 0.672. The Morgan fingerprint density at radius 3 is 2.60 bits per heavy atom. The first-order valence-corrected chi connectivity index (χ1v) is 8.63. The van der Waals surface area contributed by atoms with Crippen LogP contribution in [0.4, 0.5) is 11.6 Å². The molecule has 128 valence electrons. The smallest absolute Gasteiger partial charge is 0.258 e. The molecular weight excluding hydrogens is 346 g/mol. The molecule has 0 bridgehead atoms. The molecule has 9 nitrogen and oxygen atoms in total. The van der Waals surface area contributed by atoms with Crippen molar-refractivity contribution < 1.29 is 13.3 Å². The zero-order valence-electron chi connectivity index (χ0n) is 12.8. The molecule has 0 saturated carbocycles. The van der Waals surface area contributed by atoms with E-state index in [4.69, 9.17) is 0 Å².